The number of ether oxygens (including phenoxy) is 1. The second-order valence-corrected chi connectivity index (χ2v) is 5.71. The first kappa shape index (κ1) is 18.3. The lowest BCUT2D eigenvalue weighted by Gasteiger charge is -2.11. The number of benzene rings is 2. The van der Waals surface area contributed by atoms with Crippen molar-refractivity contribution >= 4 is 17.3 Å². The second kappa shape index (κ2) is 8.68. The van der Waals surface area contributed by atoms with Crippen LogP contribution in [-0.4, -0.2) is 30.0 Å². The normalized spacial score (nSPS) is 10.4. The molecule has 0 unspecified atom stereocenters. The smallest absolute Gasteiger partial charge is 0.293 e. The summed E-state index contributed by atoms with van der Waals surface area (Å²) in [6.07, 6.45) is 0. The molecule has 25 heavy (non-hydrogen) atoms. The summed E-state index contributed by atoms with van der Waals surface area (Å²) in [4.78, 5) is 22.8. The molecule has 0 saturated carbocycles. The van der Waals surface area contributed by atoms with Crippen LogP contribution < -0.4 is 15.4 Å². The van der Waals surface area contributed by atoms with Gasteiger partial charge in [0, 0.05) is 24.2 Å². The standard InChI is InChI=1S/C18H21N3O4/c1-13(2)20-18(22)14-8-9-16(17(12-14)21(23)24)19-10-11-25-15-6-4-3-5-7-15/h3-9,12-13,19H,10-11H2,1-2H3,(H,20,22). The summed E-state index contributed by atoms with van der Waals surface area (Å²) in [6.45, 7) is 4.41. The molecule has 1 amide bonds. The molecule has 0 spiro atoms. The zero-order chi connectivity index (χ0) is 18.2. The molecule has 2 aromatic carbocycles. The maximum Gasteiger partial charge on any atom is 0.293 e. The Balaban J connectivity index is 1.99. The molecule has 2 aromatic rings. The van der Waals surface area contributed by atoms with E-state index in [4.69, 9.17) is 4.74 Å². The van der Waals surface area contributed by atoms with Gasteiger partial charge in [-0.1, -0.05) is 18.2 Å². The van der Waals surface area contributed by atoms with Gasteiger partial charge in [-0.2, -0.15) is 0 Å². The molecule has 132 valence electrons. The molecule has 7 nitrogen and oxygen atoms in total. The van der Waals surface area contributed by atoms with Crippen LogP contribution in [0.15, 0.2) is 48.5 Å². The van der Waals surface area contributed by atoms with Crippen LogP contribution in [-0.2, 0) is 0 Å². The molecule has 7 heteroatoms. The highest BCUT2D eigenvalue weighted by Crippen LogP contribution is 2.25. The van der Waals surface area contributed by atoms with E-state index in [0.29, 0.717) is 18.8 Å². The summed E-state index contributed by atoms with van der Waals surface area (Å²) >= 11 is 0. The van der Waals surface area contributed by atoms with Gasteiger partial charge in [0.25, 0.3) is 11.6 Å². The minimum atomic E-state index is -0.507. The highest BCUT2D eigenvalue weighted by atomic mass is 16.6. The minimum absolute atomic E-state index is 0.0421. The minimum Gasteiger partial charge on any atom is -0.492 e. The van der Waals surface area contributed by atoms with Crippen LogP contribution in [0.4, 0.5) is 11.4 Å². The summed E-state index contributed by atoms with van der Waals surface area (Å²) in [5.74, 6) is 0.400. The first-order chi connectivity index (χ1) is 12.0. The number of amides is 1. The van der Waals surface area contributed by atoms with E-state index in [-0.39, 0.29) is 23.2 Å². The molecular formula is C18H21N3O4. The van der Waals surface area contributed by atoms with E-state index >= 15 is 0 Å². The number of nitrogens with zero attached hydrogens (tertiary/aromatic N) is 1. The lowest BCUT2D eigenvalue weighted by molar-refractivity contribution is -0.384. The van der Waals surface area contributed by atoms with Gasteiger partial charge in [-0.3, -0.25) is 14.9 Å². The van der Waals surface area contributed by atoms with Crippen LogP contribution in [0.25, 0.3) is 0 Å². The van der Waals surface area contributed by atoms with Gasteiger partial charge in [0.1, 0.15) is 18.0 Å². The molecule has 0 aliphatic heterocycles. The lowest BCUT2D eigenvalue weighted by atomic mass is 10.1. The number of nitro benzene ring substituents is 1. The van der Waals surface area contributed by atoms with Gasteiger partial charge in [0.2, 0.25) is 0 Å². The van der Waals surface area contributed by atoms with Crippen LogP contribution in [0.1, 0.15) is 24.2 Å². The molecule has 0 aromatic heterocycles. The largest absolute Gasteiger partial charge is 0.492 e. The Morgan fingerprint density at radius 2 is 1.92 bits per heavy atom. The molecule has 0 bridgehead atoms. The van der Waals surface area contributed by atoms with Crippen molar-refractivity contribution in [1.82, 2.24) is 5.32 Å². The quantitative estimate of drug-likeness (QED) is 0.436. The zero-order valence-electron chi connectivity index (χ0n) is 14.2. The van der Waals surface area contributed by atoms with Crippen molar-refractivity contribution in [3.8, 4) is 5.75 Å². The SMILES string of the molecule is CC(C)NC(=O)c1ccc(NCCOc2ccccc2)c([N+](=O)[O-])c1. The predicted octanol–water partition coefficient (Wildman–Crippen LogP) is 3.22. The first-order valence-corrected chi connectivity index (χ1v) is 7.98. The maximum absolute atomic E-state index is 12.0. The first-order valence-electron chi connectivity index (χ1n) is 7.98. The average molecular weight is 343 g/mol. The Hall–Kier alpha value is -3.09. The molecule has 2 N–H and O–H groups in total. The van der Waals surface area contributed by atoms with E-state index in [9.17, 15) is 14.9 Å². The molecule has 0 saturated heterocycles. The maximum atomic E-state index is 12.0. The Labute approximate surface area is 146 Å². The fourth-order valence-corrected chi connectivity index (χ4v) is 2.19. The highest BCUT2D eigenvalue weighted by Gasteiger charge is 2.17. The fraction of sp³-hybridized carbons (Fsp3) is 0.278. The van der Waals surface area contributed by atoms with Crippen LogP contribution in [0, 0.1) is 10.1 Å². The van der Waals surface area contributed by atoms with Gasteiger partial charge in [0.15, 0.2) is 0 Å². The Bertz CT molecular complexity index is 732. The lowest BCUT2D eigenvalue weighted by Crippen LogP contribution is -2.30. The molecule has 2 rings (SSSR count). The van der Waals surface area contributed by atoms with E-state index in [2.05, 4.69) is 10.6 Å². The second-order valence-electron chi connectivity index (χ2n) is 5.71. The molecule has 0 atom stereocenters. The summed E-state index contributed by atoms with van der Waals surface area (Å²) in [7, 11) is 0. The average Bonchev–Trinajstić information content (AvgIpc) is 2.59. The van der Waals surface area contributed by atoms with Crippen molar-refractivity contribution < 1.29 is 14.5 Å². The Kier molecular flexibility index (Phi) is 6.33. The topological polar surface area (TPSA) is 93.5 Å². The zero-order valence-corrected chi connectivity index (χ0v) is 14.2. The molecule has 0 heterocycles. The van der Waals surface area contributed by atoms with Crippen molar-refractivity contribution in [1.29, 1.82) is 0 Å². The molecule has 0 fully saturated rings. The monoisotopic (exact) mass is 343 g/mol. The number of anilines is 1. The van der Waals surface area contributed by atoms with Gasteiger partial charge in [-0.05, 0) is 38.1 Å². The van der Waals surface area contributed by atoms with Crippen LogP contribution in [0.3, 0.4) is 0 Å². The Morgan fingerprint density at radius 3 is 2.56 bits per heavy atom. The van der Waals surface area contributed by atoms with E-state index in [1.807, 2.05) is 44.2 Å². The van der Waals surface area contributed by atoms with Crippen molar-refractivity contribution in [2.45, 2.75) is 19.9 Å². The van der Waals surface area contributed by atoms with E-state index in [0.717, 1.165) is 5.75 Å². The molecule has 0 radical (unpaired) electrons. The Morgan fingerprint density at radius 1 is 1.20 bits per heavy atom. The number of hydrogen-bond acceptors (Lipinski definition) is 5. The summed E-state index contributed by atoms with van der Waals surface area (Å²) in [5.41, 5.74) is 0.463. The number of nitro groups is 1. The van der Waals surface area contributed by atoms with Gasteiger partial charge >= 0.3 is 0 Å². The molecule has 0 aliphatic carbocycles. The summed E-state index contributed by atoms with van der Waals surface area (Å²) in [5, 5.41) is 17.0. The predicted molar refractivity (Wildman–Crippen MR) is 96.1 cm³/mol. The van der Waals surface area contributed by atoms with Crippen molar-refractivity contribution in [2.75, 3.05) is 18.5 Å². The van der Waals surface area contributed by atoms with Gasteiger partial charge in [-0.25, -0.2) is 0 Å². The van der Waals surface area contributed by atoms with E-state index < -0.39 is 4.92 Å². The summed E-state index contributed by atoms with van der Waals surface area (Å²) < 4.78 is 5.54. The summed E-state index contributed by atoms with van der Waals surface area (Å²) in [6, 6.07) is 13.6. The van der Waals surface area contributed by atoms with E-state index in [1.54, 1.807) is 6.07 Å². The fourth-order valence-electron chi connectivity index (χ4n) is 2.19. The third kappa shape index (κ3) is 5.49. The number of rotatable bonds is 8. The van der Waals surface area contributed by atoms with Gasteiger partial charge in [-0.15, -0.1) is 0 Å². The number of nitrogens with one attached hydrogen (secondary N) is 2. The molecular weight excluding hydrogens is 322 g/mol. The van der Waals surface area contributed by atoms with E-state index in [1.165, 1.54) is 12.1 Å². The van der Waals surface area contributed by atoms with Gasteiger partial charge < -0.3 is 15.4 Å². The van der Waals surface area contributed by atoms with Crippen LogP contribution in [0.5, 0.6) is 5.75 Å². The third-order valence-electron chi connectivity index (χ3n) is 3.31. The van der Waals surface area contributed by atoms with Crippen LogP contribution >= 0.6 is 0 Å². The van der Waals surface area contributed by atoms with Crippen molar-refractivity contribution in [2.24, 2.45) is 0 Å². The number of hydrogen-bond donors (Lipinski definition) is 2. The van der Waals surface area contributed by atoms with Crippen molar-refractivity contribution in [3.05, 3.63) is 64.2 Å². The number of carbonyl (C=O) groups is 1. The number of para-hydroxylation sites is 1. The van der Waals surface area contributed by atoms with Gasteiger partial charge in [0.05, 0.1) is 4.92 Å². The number of carbonyl (C=O) groups excluding carboxylic acids is 1. The van der Waals surface area contributed by atoms with Crippen LogP contribution in [0.2, 0.25) is 0 Å². The third-order valence-corrected chi connectivity index (χ3v) is 3.31. The molecule has 0 aliphatic rings. The highest BCUT2D eigenvalue weighted by molar-refractivity contribution is 5.95. The van der Waals surface area contributed by atoms with Crippen molar-refractivity contribution in [3.63, 3.8) is 0 Å².